The predicted molar refractivity (Wildman–Crippen MR) is 78.4 cm³/mol. The molecule has 1 aliphatic heterocycles. The molecule has 1 fully saturated rings. The number of carboxylic acids is 2. The third-order valence-corrected chi connectivity index (χ3v) is 3.74. The predicted octanol–water partition coefficient (Wildman–Crippen LogP) is -1.72. The van der Waals surface area contributed by atoms with Crippen molar-refractivity contribution in [3.63, 3.8) is 0 Å². The van der Waals surface area contributed by atoms with Gasteiger partial charge in [0.25, 0.3) is 0 Å². The minimum atomic E-state index is -1.35. The van der Waals surface area contributed by atoms with Crippen LogP contribution in [0.1, 0.15) is 19.3 Å². The second kappa shape index (κ2) is 7.99. The maximum Gasteiger partial charge on any atom is 0.326 e. The van der Waals surface area contributed by atoms with E-state index in [1.54, 1.807) is 0 Å². The van der Waals surface area contributed by atoms with Crippen molar-refractivity contribution in [1.29, 1.82) is 0 Å². The molecule has 0 radical (unpaired) electrons. The number of aliphatic carboxylic acids is 2. The van der Waals surface area contributed by atoms with Crippen molar-refractivity contribution >= 4 is 36.4 Å². The van der Waals surface area contributed by atoms with Crippen LogP contribution in [-0.4, -0.2) is 69.3 Å². The van der Waals surface area contributed by atoms with E-state index in [9.17, 15) is 19.2 Å². The average molecular weight is 333 g/mol. The summed E-state index contributed by atoms with van der Waals surface area (Å²) in [4.78, 5) is 47.2. The number of hydrogen-bond acceptors (Lipinski definition) is 6. The number of carbonyl (C=O) groups is 4. The lowest BCUT2D eigenvalue weighted by Gasteiger charge is -2.27. The molecular weight excluding hydrogens is 314 g/mol. The minimum absolute atomic E-state index is 0.0290. The normalized spacial score (nSPS) is 20.3. The Kier molecular flexibility index (Phi) is 6.62. The monoisotopic (exact) mass is 333 g/mol. The van der Waals surface area contributed by atoms with Gasteiger partial charge in [-0.25, -0.2) is 4.79 Å². The Labute approximate surface area is 132 Å². The summed E-state index contributed by atoms with van der Waals surface area (Å²) in [6.45, 7) is 0.209. The molecule has 1 aliphatic rings. The topological polar surface area (TPSA) is 150 Å². The van der Waals surface area contributed by atoms with Gasteiger partial charge >= 0.3 is 11.9 Å². The van der Waals surface area contributed by atoms with Crippen molar-refractivity contribution in [2.75, 3.05) is 12.3 Å². The fraction of sp³-hybridized carbons (Fsp3) is 0.667. The molecule has 1 saturated heterocycles. The van der Waals surface area contributed by atoms with E-state index in [-0.39, 0.29) is 12.3 Å². The van der Waals surface area contributed by atoms with Crippen molar-refractivity contribution < 1.29 is 29.4 Å². The summed E-state index contributed by atoms with van der Waals surface area (Å²) in [5.74, 6) is -3.85. The second-order valence-electron chi connectivity index (χ2n) is 4.98. The van der Waals surface area contributed by atoms with Gasteiger partial charge in [0.2, 0.25) is 11.8 Å². The molecule has 0 bridgehead atoms. The molecule has 1 heterocycles. The molecule has 3 atom stereocenters. The molecule has 9 nitrogen and oxygen atoms in total. The van der Waals surface area contributed by atoms with Crippen LogP contribution < -0.4 is 11.1 Å². The van der Waals surface area contributed by atoms with E-state index >= 15 is 0 Å². The SMILES string of the molecule is N[C@@H](CS)C(=O)N[C@@H](CC(=O)O)C(=O)N1CCC[C@@H]1C(=O)O. The standard InChI is InChI=1S/C12H19N3O6S/c13-6(5-22)10(18)14-7(4-9(16)17)11(19)15-3-1-2-8(15)12(20)21/h6-8,22H,1-5,13H2,(H,14,18)(H,16,17)(H,20,21)/t6-,7-,8+/m0/s1. The number of nitrogens with one attached hydrogen (secondary N) is 1. The number of carbonyl (C=O) groups excluding carboxylic acids is 2. The summed E-state index contributed by atoms with van der Waals surface area (Å²) in [7, 11) is 0. The van der Waals surface area contributed by atoms with Gasteiger partial charge in [-0.3, -0.25) is 14.4 Å². The molecule has 1 rings (SSSR count). The zero-order chi connectivity index (χ0) is 16.9. The Morgan fingerprint density at radius 1 is 1.32 bits per heavy atom. The van der Waals surface area contributed by atoms with E-state index < -0.39 is 48.3 Å². The van der Waals surface area contributed by atoms with E-state index in [0.29, 0.717) is 12.8 Å². The van der Waals surface area contributed by atoms with Gasteiger partial charge in [-0.05, 0) is 12.8 Å². The van der Waals surface area contributed by atoms with Crippen molar-refractivity contribution in [2.24, 2.45) is 5.73 Å². The lowest BCUT2D eigenvalue weighted by atomic mass is 10.1. The fourth-order valence-electron chi connectivity index (χ4n) is 2.22. The number of carboxylic acid groups (broad SMARTS) is 2. The van der Waals surface area contributed by atoms with Crippen LogP contribution in [0.4, 0.5) is 0 Å². The Bertz CT molecular complexity index is 472. The quantitative estimate of drug-likeness (QED) is 0.348. The lowest BCUT2D eigenvalue weighted by Crippen LogP contribution is -2.55. The first kappa shape index (κ1) is 18.2. The molecule has 0 aromatic heterocycles. The first-order valence-corrected chi connectivity index (χ1v) is 7.33. The van der Waals surface area contributed by atoms with Crippen LogP contribution in [0.3, 0.4) is 0 Å². The van der Waals surface area contributed by atoms with Gasteiger partial charge in [0.1, 0.15) is 12.1 Å². The van der Waals surface area contributed by atoms with Gasteiger partial charge in [0.15, 0.2) is 0 Å². The third kappa shape index (κ3) is 4.60. The first-order chi connectivity index (χ1) is 10.3. The van der Waals surface area contributed by atoms with Crippen LogP contribution in [0.5, 0.6) is 0 Å². The minimum Gasteiger partial charge on any atom is -0.481 e. The molecule has 0 spiro atoms. The number of amides is 2. The van der Waals surface area contributed by atoms with Crippen LogP contribution in [0.15, 0.2) is 0 Å². The van der Waals surface area contributed by atoms with Gasteiger partial charge in [-0.1, -0.05) is 0 Å². The van der Waals surface area contributed by atoms with Crippen LogP contribution in [0.25, 0.3) is 0 Å². The fourth-order valence-corrected chi connectivity index (χ4v) is 2.39. The summed E-state index contributed by atoms with van der Waals surface area (Å²) in [6, 6.07) is -3.34. The third-order valence-electron chi connectivity index (χ3n) is 3.35. The van der Waals surface area contributed by atoms with Crippen molar-refractivity contribution in [3.8, 4) is 0 Å². The molecule has 0 saturated carbocycles. The number of nitrogens with zero attached hydrogens (tertiary/aromatic N) is 1. The van der Waals surface area contributed by atoms with Gasteiger partial charge in [0.05, 0.1) is 12.5 Å². The van der Waals surface area contributed by atoms with Gasteiger partial charge < -0.3 is 26.2 Å². The van der Waals surface area contributed by atoms with E-state index in [1.165, 1.54) is 0 Å². The van der Waals surface area contributed by atoms with Crippen molar-refractivity contribution in [1.82, 2.24) is 10.2 Å². The van der Waals surface area contributed by atoms with Crippen molar-refractivity contribution in [2.45, 2.75) is 37.4 Å². The van der Waals surface area contributed by atoms with Crippen LogP contribution in [-0.2, 0) is 19.2 Å². The van der Waals surface area contributed by atoms with Crippen LogP contribution in [0.2, 0.25) is 0 Å². The van der Waals surface area contributed by atoms with Gasteiger partial charge in [-0.2, -0.15) is 12.6 Å². The number of likely N-dealkylation sites (tertiary alicyclic amines) is 1. The highest BCUT2D eigenvalue weighted by molar-refractivity contribution is 7.80. The number of rotatable bonds is 7. The maximum atomic E-state index is 12.4. The van der Waals surface area contributed by atoms with Crippen molar-refractivity contribution in [3.05, 3.63) is 0 Å². The summed E-state index contributed by atoms with van der Waals surface area (Å²) in [5.41, 5.74) is 5.47. The molecule has 0 aliphatic carbocycles. The zero-order valence-electron chi connectivity index (χ0n) is 11.8. The summed E-state index contributed by atoms with van der Waals surface area (Å²) >= 11 is 3.85. The molecule has 22 heavy (non-hydrogen) atoms. The molecule has 124 valence electrons. The Morgan fingerprint density at radius 3 is 2.45 bits per heavy atom. The second-order valence-corrected chi connectivity index (χ2v) is 5.34. The highest BCUT2D eigenvalue weighted by Gasteiger charge is 2.38. The Balaban J connectivity index is 2.86. The first-order valence-electron chi connectivity index (χ1n) is 6.69. The Hall–Kier alpha value is -1.81. The highest BCUT2D eigenvalue weighted by Crippen LogP contribution is 2.19. The van der Waals surface area contributed by atoms with Gasteiger partial charge in [-0.15, -0.1) is 0 Å². The number of thiol groups is 1. The van der Waals surface area contributed by atoms with Crippen LogP contribution >= 0.6 is 12.6 Å². The number of nitrogens with two attached hydrogens (primary N) is 1. The van der Waals surface area contributed by atoms with E-state index in [1.807, 2.05) is 0 Å². The van der Waals surface area contributed by atoms with E-state index in [2.05, 4.69) is 17.9 Å². The molecule has 2 amide bonds. The maximum absolute atomic E-state index is 12.4. The molecular formula is C12H19N3O6S. The van der Waals surface area contributed by atoms with E-state index in [0.717, 1.165) is 4.90 Å². The van der Waals surface area contributed by atoms with Crippen LogP contribution in [0, 0.1) is 0 Å². The molecule has 0 unspecified atom stereocenters. The summed E-state index contributed by atoms with van der Waals surface area (Å²) in [6.07, 6.45) is 0.157. The number of hydrogen-bond donors (Lipinski definition) is 5. The zero-order valence-corrected chi connectivity index (χ0v) is 12.7. The lowest BCUT2D eigenvalue weighted by molar-refractivity contribution is -0.150. The van der Waals surface area contributed by atoms with E-state index in [4.69, 9.17) is 15.9 Å². The summed E-state index contributed by atoms with van der Waals surface area (Å²) < 4.78 is 0. The smallest absolute Gasteiger partial charge is 0.326 e. The largest absolute Gasteiger partial charge is 0.481 e. The molecule has 0 aromatic carbocycles. The van der Waals surface area contributed by atoms with Gasteiger partial charge in [0, 0.05) is 12.3 Å². The highest BCUT2D eigenvalue weighted by atomic mass is 32.1. The average Bonchev–Trinajstić information content (AvgIpc) is 2.93. The Morgan fingerprint density at radius 2 is 1.95 bits per heavy atom. The molecule has 5 N–H and O–H groups in total. The molecule has 0 aromatic rings. The summed E-state index contributed by atoms with van der Waals surface area (Å²) in [5, 5.41) is 20.2. The molecule has 10 heteroatoms.